The highest BCUT2D eigenvalue weighted by Gasteiger charge is 1.99. The Morgan fingerprint density at radius 1 is 1.00 bits per heavy atom. The van der Waals surface area contributed by atoms with Gasteiger partial charge in [-0.25, -0.2) is 0 Å². The van der Waals surface area contributed by atoms with Crippen LogP contribution in [0.5, 0.6) is 0 Å². The van der Waals surface area contributed by atoms with E-state index >= 15 is 0 Å². The molecule has 2 aromatic carbocycles. The molecular weight excluding hydrogens is 176 g/mol. The van der Waals surface area contributed by atoms with Gasteiger partial charge in [0.15, 0.2) is 0 Å². The van der Waals surface area contributed by atoms with Gasteiger partial charge in [0.05, 0.1) is 0 Å². The van der Waals surface area contributed by atoms with Gasteiger partial charge in [0.1, 0.15) is 0 Å². The molecule has 0 radical (unpaired) electrons. The number of fused-ring (bicyclic) bond motifs is 1. The Bertz CT molecular complexity index is 418. The molecule has 0 bridgehead atoms. The molecule has 13 heavy (non-hydrogen) atoms. The van der Waals surface area contributed by atoms with E-state index < -0.39 is 0 Å². The first-order valence-electron chi connectivity index (χ1n) is 4.44. The van der Waals surface area contributed by atoms with Gasteiger partial charge >= 0.3 is 0 Å². The maximum absolute atomic E-state index is 4.41. The van der Waals surface area contributed by atoms with Gasteiger partial charge in [-0.3, -0.25) is 0 Å². The van der Waals surface area contributed by atoms with Gasteiger partial charge in [-0.15, -0.1) is 0 Å². The van der Waals surface area contributed by atoms with Gasteiger partial charge in [-0.05, 0) is 23.3 Å². The fourth-order valence-electron chi connectivity index (χ4n) is 1.47. The highest BCUT2D eigenvalue weighted by molar-refractivity contribution is 7.80. The van der Waals surface area contributed by atoms with Crippen molar-refractivity contribution in [2.45, 2.75) is 12.2 Å². The normalized spacial score (nSPS) is 13.1. The van der Waals surface area contributed by atoms with E-state index in [1.54, 1.807) is 0 Å². The van der Waals surface area contributed by atoms with Crippen LogP contribution in [0.2, 0.25) is 0 Å². The van der Waals surface area contributed by atoms with Crippen LogP contribution >= 0.6 is 12.6 Å². The minimum atomic E-state index is 0.310. The predicted octanol–water partition coefficient (Wildman–Crippen LogP) is 3.83. The fraction of sp³-hybridized carbons (Fsp3) is 0.167. The minimum Gasteiger partial charge on any atom is -0.171 e. The molecule has 2 aromatic rings. The molecule has 66 valence electrons. The average Bonchev–Trinajstić information content (AvgIpc) is 2.17. The monoisotopic (exact) mass is 188 g/mol. The van der Waals surface area contributed by atoms with Crippen LogP contribution in [0.1, 0.15) is 17.7 Å². The van der Waals surface area contributed by atoms with E-state index in [9.17, 15) is 0 Å². The van der Waals surface area contributed by atoms with Crippen LogP contribution < -0.4 is 0 Å². The summed E-state index contributed by atoms with van der Waals surface area (Å²) in [5.41, 5.74) is 1.28. The second-order valence-electron chi connectivity index (χ2n) is 3.28. The molecule has 0 aliphatic rings. The molecule has 0 unspecified atom stereocenters. The zero-order valence-corrected chi connectivity index (χ0v) is 8.46. The van der Waals surface area contributed by atoms with Crippen molar-refractivity contribution in [3.63, 3.8) is 0 Å². The van der Waals surface area contributed by atoms with Crippen molar-refractivity contribution < 1.29 is 0 Å². The molecule has 2 rings (SSSR count). The summed E-state index contributed by atoms with van der Waals surface area (Å²) >= 11 is 4.41. The zero-order valence-electron chi connectivity index (χ0n) is 7.57. The van der Waals surface area contributed by atoms with Crippen LogP contribution in [0.4, 0.5) is 0 Å². The number of hydrogen-bond acceptors (Lipinski definition) is 1. The fourth-order valence-corrected chi connectivity index (χ4v) is 1.63. The highest BCUT2D eigenvalue weighted by atomic mass is 32.1. The third-order valence-electron chi connectivity index (χ3n) is 2.26. The van der Waals surface area contributed by atoms with Gasteiger partial charge in [0.2, 0.25) is 0 Å². The van der Waals surface area contributed by atoms with E-state index in [1.807, 2.05) is 0 Å². The van der Waals surface area contributed by atoms with Crippen LogP contribution in [0, 0.1) is 0 Å². The smallest absolute Gasteiger partial charge is 0.0239 e. The summed E-state index contributed by atoms with van der Waals surface area (Å²) in [6.45, 7) is 2.09. The van der Waals surface area contributed by atoms with Crippen molar-refractivity contribution in [1.82, 2.24) is 0 Å². The summed E-state index contributed by atoms with van der Waals surface area (Å²) in [5.74, 6) is 0. The third kappa shape index (κ3) is 1.70. The first kappa shape index (κ1) is 8.64. The van der Waals surface area contributed by atoms with E-state index in [0.717, 1.165) is 0 Å². The molecule has 0 saturated heterocycles. The second kappa shape index (κ2) is 3.43. The van der Waals surface area contributed by atoms with Crippen LogP contribution in [0.3, 0.4) is 0 Å². The zero-order chi connectivity index (χ0) is 9.26. The summed E-state index contributed by atoms with van der Waals surface area (Å²) < 4.78 is 0. The summed E-state index contributed by atoms with van der Waals surface area (Å²) in [7, 11) is 0. The highest BCUT2D eigenvalue weighted by Crippen LogP contribution is 2.23. The van der Waals surface area contributed by atoms with E-state index in [0.29, 0.717) is 5.25 Å². The van der Waals surface area contributed by atoms with Gasteiger partial charge < -0.3 is 0 Å². The number of benzene rings is 2. The molecule has 0 saturated carbocycles. The minimum absolute atomic E-state index is 0.310. The molecule has 0 aliphatic heterocycles. The Hall–Kier alpha value is -0.950. The van der Waals surface area contributed by atoms with Gasteiger partial charge in [-0.2, -0.15) is 12.6 Å². The molecule has 0 aliphatic carbocycles. The average molecular weight is 188 g/mol. The molecular formula is C12H12S. The molecule has 0 nitrogen and oxygen atoms in total. The van der Waals surface area contributed by atoms with Gasteiger partial charge in [-0.1, -0.05) is 42.5 Å². The van der Waals surface area contributed by atoms with E-state index in [-0.39, 0.29) is 0 Å². The van der Waals surface area contributed by atoms with Crippen molar-refractivity contribution in [2.75, 3.05) is 0 Å². The SMILES string of the molecule is C[C@H](S)c1ccc2ccccc2c1. The quantitative estimate of drug-likeness (QED) is 0.646. The Morgan fingerprint density at radius 2 is 1.69 bits per heavy atom. The summed E-state index contributed by atoms with van der Waals surface area (Å²) in [6, 6.07) is 14.9. The lowest BCUT2D eigenvalue weighted by Crippen LogP contribution is -1.83. The Balaban J connectivity index is 2.62. The van der Waals surface area contributed by atoms with Gasteiger partial charge in [0, 0.05) is 5.25 Å². The lowest BCUT2D eigenvalue weighted by atomic mass is 10.1. The first-order valence-corrected chi connectivity index (χ1v) is 4.96. The van der Waals surface area contributed by atoms with E-state index in [4.69, 9.17) is 0 Å². The number of thiol groups is 1. The summed E-state index contributed by atoms with van der Waals surface area (Å²) in [4.78, 5) is 0. The van der Waals surface area contributed by atoms with Crippen molar-refractivity contribution >= 4 is 23.4 Å². The van der Waals surface area contributed by atoms with E-state index in [1.165, 1.54) is 16.3 Å². The number of hydrogen-bond donors (Lipinski definition) is 1. The second-order valence-corrected chi connectivity index (χ2v) is 4.06. The standard InChI is InChI=1S/C12H12S/c1-9(13)11-7-6-10-4-2-3-5-12(10)8-11/h2-9,13H,1H3/t9-/m0/s1. The van der Waals surface area contributed by atoms with Crippen LogP contribution in [0.25, 0.3) is 10.8 Å². The Labute approximate surface area is 84.0 Å². The Kier molecular flexibility index (Phi) is 2.28. The van der Waals surface area contributed by atoms with Crippen molar-refractivity contribution in [3.05, 3.63) is 48.0 Å². The molecule has 0 amide bonds. The summed E-state index contributed by atoms with van der Waals surface area (Å²) in [5, 5.41) is 2.89. The molecule has 0 heterocycles. The largest absolute Gasteiger partial charge is 0.171 e. The summed E-state index contributed by atoms with van der Waals surface area (Å²) in [6.07, 6.45) is 0. The third-order valence-corrected chi connectivity index (χ3v) is 2.55. The van der Waals surface area contributed by atoms with Crippen molar-refractivity contribution in [1.29, 1.82) is 0 Å². The molecule has 0 N–H and O–H groups in total. The van der Waals surface area contributed by atoms with Gasteiger partial charge in [0.25, 0.3) is 0 Å². The molecule has 1 atom stereocenters. The maximum atomic E-state index is 4.41. The van der Waals surface area contributed by atoms with Crippen LogP contribution in [-0.4, -0.2) is 0 Å². The Morgan fingerprint density at radius 3 is 2.38 bits per heavy atom. The van der Waals surface area contributed by atoms with Crippen LogP contribution in [0.15, 0.2) is 42.5 Å². The lowest BCUT2D eigenvalue weighted by molar-refractivity contribution is 1.12. The predicted molar refractivity (Wildman–Crippen MR) is 61.3 cm³/mol. The van der Waals surface area contributed by atoms with Crippen LogP contribution in [-0.2, 0) is 0 Å². The molecule has 0 fully saturated rings. The number of rotatable bonds is 1. The topological polar surface area (TPSA) is 0 Å². The molecule has 1 heteroatoms. The maximum Gasteiger partial charge on any atom is 0.0239 e. The lowest BCUT2D eigenvalue weighted by Gasteiger charge is -2.05. The molecule has 0 aromatic heterocycles. The van der Waals surface area contributed by atoms with E-state index in [2.05, 4.69) is 62.0 Å². The van der Waals surface area contributed by atoms with Crippen molar-refractivity contribution in [2.24, 2.45) is 0 Å². The molecule has 0 spiro atoms. The first-order chi connectivity index (χ1) is 6.27. The van der Waals surface area contributed by atoms with Crippen molar-refractivity contribution in [3.8, 4) is 0 Å².